The second-order valence-corrected chi connectivity index (χ2v) is 9.65. The number of hydrogen-bond donors (Lipinski definition) is 2. The Hall–Kier alpha value is -0.380. The summed E-state index contributed by atoms with van der Waals surface area (Å²) in [5.41, 5.74) is 1.19. The molecule has 8 heteroatoms. The Morgan fingerprint density at radius 2 is 2.14 bits per heavy atom. The van der Waals surface area contributed by atoms with Gasteiger partial charge in [0, 0.05) is 54.3 Å². The summed E-state index contributed by atoms with van der Waals surface area (Å²) in [4.78, 5) is 7.37. The molecule has 0 aliphatic carbocycles. The first-order valence-electron chi connectivity index (χ1n) is 10.4. The van der Waals surface area contributed by atoms with Gasteiger partial charge in [-0.25, -0.2) is 0 Å². The Morgan fingerprint density at radius 1 is 1.34 bits per heavy atom. The molecular weight excluding hydrogens is 519 g/mol. The van der Waals surface area contributed by atoms with Crippen LogP contribution in [0.25, 0.3) is 0 Å². The molecule has 29 heavy (non-hydrogen) atoms. The lowest BCUT2D eigenvalue weighted by molar-refractivity contribution is 0.0793. The van der Waals surface area contributed by atoms with Crippen LogP contribution >= 0.6 is 47.3 Å². The minimum atomic E-state index is 0. The molecule has 0 saturated carbocycles. The molecule has 2 heterocycles. The largest absolute Gasteiger partial charge is 0.381 e. The van der Waals surface area contributed by atoms with E-state index in [4.69, 9.17) is 21.3 Å². The van der Waals surface area contributed by atoms with E-state index in [1.807, 2.05) is 30.0 Å². The number of nitrogens with one attached hydrogen (secondary N) is 2. The Balaban J connectivity index is 0.00000300. The first-order chi connectivity index (χ1) is 13.6. The number of rotatable bonds is 7. The summed E-state index contributed by atoms with van der Waals surface area (Å²) in [5.74, 6) is 2.06. The molecular formula is C21H34ClIN4OS. The maximum atomic E-state index is 6.16. The molecule has 2 N–H and O–H groups in total. The number of guanidine groups is 1. The van der Waals surface area contributed by atoms with Gasteiger partial charge in [0.25, 0.3) is 0 Å². The lowest BCUT2D eigenvalue weighted by atomic mass is 9.99. The fourth-order valence-electron chi connectivity index (χ4n) is 3.92. The van der Waals surface area contributed by atoms with Crippen molar-refractivity contribution in [1.82, 2.24) is 10.6 Å². The van der Waals surface area contributed by atoms with Crippen molar-refractivity contribution in [2.45, 2.75) is 43.9 Å². The van der Waals surface area contributed by atoms with Crippen LogP contribution in [0.4, 0.5) is 5.69 Å². The van der Waals surface area contributed by atoms with E-state index >= 15 is 0 Å². The molecule has 0 amide bonds. The summed E-state index contributed by atoms with van der Waals surface area (Å²) in [6.45, 7) is 9.76. The molecule has 1 unspecified atom stereocenters. The number of aliphatic imine (C=N–C) groups is 1. The van der Waals surface area contributed by atoms with Crippen LogP contribution < -0.4 is 15.5 Å². The summed E-state index contributed by atoms with van der Waals surface area (Å²) in [6, 6.07) is 8.50. The fraction of sp³-hybridized carbons (Fsp3) is 0.667. The molecule has 2 aliphatic heterocycles. The van der Waals surface area contributed by atoms with Crippen molar-refractivity contribution in [3.8, 4) is 0 Å². The summed E-state index contributed by atoms with van der Waals surface area (Å²) in [5, 5.41) is 7.88. The highest BCUT2D eigenvalue weighted by molar-refractivity contribution is 14.0. The molecule has 2 fully saturated rings. The molecule has 0 bridgehead atoms. The predicted octanol–water partition coefficient (Wildman–Crippen LogP) is 4.39. The van der Waals surface area contributed by atoms with Gasteiger partial charge in [0.2, 0.25) is 0 Å². The van der Waals surface area contributed by atoms with E-state index in [0.29, 0.717) is 6.04 Å². The van der Waals surface area contributed by atoms with Gasteiger partial charge in [0.15, 0.2) is 5.96 Å². The molecule has 2 aliphatic rings. The zero-order chi connectivity index (χ0) is 19.8. The third kappa shape index (κ3) is 7.36. The second kappa shape index (κ2) is 12.5. The standard InChI is InChI=1S/C21H33ClN4OS.HI/c1-3-23-20(24-16-21(28-4-2)9-12-27-13-10-21)25-18-8-11-26(15-18)19-7-5-6-17(22)14-19;/h5-7,14,18H,3-4,8-13,15-16H2,1-2H3,(H2,23,24,25);1H. The SMILES string of the molecule is CCNC(=NCC1(SCC)CCOCC1)NC1CCN(c2cccc(Cl)c2)C1.I. The van der Waals surface area contributed by atoms with Crippen LogP contribution in [0.3, 0.4) is 0 Å². The van der Waals surface area contributed by atoms with Crippen LogP contribution in [0, 0.1) is 0 Å². The number of halogens is 2. The molecule has 0 aromatic heterocycles. The van der Waals surface area contributed by atoms with Gasteiger partial charge < -0.3 is 20.3 Å². The highest BCUT2D eigenvalue weighted by atomic mass is 127. The van der Waals surface area contributed by atoms with Gasteiger partial charge in [0.1, 0.15) is 0 Å². The van der Waals surface area contributed by atoms with Crippen molar-refractivity contribution in [2.24, 2.45) is 4.99 Å². The quantitative estimate of drug-likeness (QED) is 0.298. The normalized spacial score (nSPS) is 21.6. The molecule has 1 atom stereocenters. The highest BCUT2D eigenvalue weighted by Crippen LogP contribution is 2.35. The van der Waals surface area contributed by atoms with Crippen molar-refractivity contribution in [1.29, 1.82) is 0 Å². The molecule has 164 valence electrons. The maximum absolute atomic E-state index is 6.16. The van der Waals surface area contributed by atoms with Gasteiger partial charge in [-0.2, -0.15) is 11.8 Å². The van der Waals surface area contributed by atoms with Crippen LogP contribution in [0.5, 0.6) is 0 Å². The fourth-order valence-corrected chi connectivity index (χ4v) is 5.33. The number of anilines is 1. The van der Waals surface area contributed by atoms with E-state index in [1.54, 1.807) is 0 Å². The minimum absolute atomic E-state index is 0. The lowest BCUT2D eigenvalue weighted by Gasteiger charge is -2.35. The molecule has 1 aromatic rings. The molecule has 0 spiro atoms. The van der Waals surface area contributed by atoms with Crippen molar-refractivity contribution >= 4 is 59.0 Å². The van der Waals surface area contributed by atoms with Crippen LogP contribution in [-0.2, 0) is 4.74 Å². The zero-order valence-electron chi connectivity index (χ0n) is 17.5. The van der Waals surface area contributed by atoms with Gasteiger partial charge in [-0.3, -0.25) is 4.99 Å². The molecule has 2 saturated heterocycles. The Morgan fingerprint density at radius 3 is 2.83 bits per heavy atom. The smallest absolute Gasteiger partial charge is 0.191 e. The molecule has 3 rings (SSSR count). The monoisotopic (exact) mass is 552 g/mol. The number of ether oxygens (including phenoxy) is 1. The average Bonchev–Trinajstić information content (AvgIpc) is 3.16. The topological polar surface area (TPSA) is 48.9 Å². The summed E-state index contributed by atoms with van der Waals surface area (Å²) >= 11 is 8.19. The van der Waals surface area contributed by atoms with E-state index < -0.39 is 0 Å². The highest BCUT2D eigenvalue weighted by Gasteiger charge is 2.33. The second-order valence-electron chi connectivity index (χ2n) is 7.48. The van der Waals surface area contributed by atoms with Crippen molar-refractivity contribution in [2.75, 3.05) is 50.0 Å². The van der Waals surface area contributed by atoms with E-state index in [-0.39, 0.29) is 28.7 Å². The Labute approximate surface area is 201 Å². The number of nitrogens with zero attached hydrogens (tertiary/aromatic N) is 2. The van der Waals surface area contributed by atoms with Gasteiger partial charge in [-0.15, -0.1) is 24.0 Å². The summed E-state index contributed by atoms with van der Waals surface area (Å²) in [6.07, 6.45) is 3.26. The number of thioether (sulfide) groups is 1. The maximum Gasteiger partial charge on any atom is 0.191 e. The summed E-state index contributed by atoms with van der Waals surface area (Å²) in [7, 11) is 0. The average molecular weight is 553 g/mol. The third-order valence-electron chi connectivity index (χ3n) is 5.43. The van der Waals surface area contributed by atoms with Crippen LogP contribution in [-0.4, -0.2) is 61.9 Å². The summed E-state index contributed by atoms with van der Waals surface area (Å²) < 4.78 is 5.81. The van der Waals surface area contributed by atoms with Crippen LogP contribution in [0.1, 0.15) is 33.1 Å². The van der Waals surface area contributed by atoms with Gasteiger partial charge >= 0.3 is 0 Å². The minimum Gasteiger partial charge on any atom is -0.381 e. The van der Waals surface area contributed by atoms with Crippen molar-refractivity contribution in [3.63, 3.8) is 0 Å². The van der Waals surface area contributed by atoms with Crippen molar-refractivity contribution < 1.29 is 4.74 Å². The molecule has 5 nitrogen and oxygen atoms in total. The van der Waals surface area contributed by atoms with Gasteiger partial charge in [-0.1, -0.05) is 24.6 Å². The van der Waals surface area contributed by atoms with E-state index in [0.717, 1.165) is 75.4 Å². The van der Waals surface area contributed by atoms with E-state index in [9.17, 15) is 0 Å². The van der Waals surface area contributed by atoms with Crippen LogP contribution in [0.15, 0.2) is 29.3 Å². The van der Waals surface area contributed by atoms with E-state index in [2.05, 4.69) is 35.4 Å². The predicted molar refractivity (Wildman–Crippen MR) is 138 cm³/mol. The van der Waals surface area contributed by atoms with Crippen LogP contribution in [0.2, 0.25) is 5.02 Å². The van der Waals surface area contributed by atoms with E-state index in [1.165, 1.54) is 5.69 Å². The Kier molecular flexibility index (Phi) is 10.7. The lowest BCUT2D eigenvalue weighted by Crippen LogP contribution is -2.46. The number of hydrogen-bond acceptors (Lipinski definition) is 4. The van der Waals surface area contributed by atoms with Gasteiger partial charge in [-0.05, 0) is 50.1 Å². The van der Waals surface area contributed by atoms with Gasteiger partial charge in [0.05, 0.1) is 6.54 Å². The number of benzene rings is 1. The third-order valence-corrected chi connectivity index (χ3v) is 7.10. The van der Waals surface area contributed by atoms with Crippen molar-refractivity contribution in [3.05, 3.63) is 29.3 Å². The first-order valence-corrected chi connectivity index (χ1v) is 11.8. The molecule has 1 aromatic carbocycles. The molecule has 0 radical (unpaired) electrons. The first kappa shape index (κ1) is 24.9. The zero-order valence-corrected chi connectivity index (χ0v) is 21.4. The Bertz CT molecular complexity index is 652.